The maximum Gasteiger partial charge on any atom is 0.338 e. The fourth-order valence-corrected chi connectivity index (χ4v) is 5.40. The molecule has 2 atom stereocenters. The number of hydrogen-bond donors (Lipinski definition) is 1. The maximum absolute atomic E-state index is 13.8. The molecule has 4 aromatic rings. The first-order valence-electron chi connectivity index (χ1n) is 13.2. The number of ether oxygens (including phenoxy) is 1. The fourth-order valence-electron chi connectivity index (χ4n) is 5.40. The van der Waals surface area contributed by atoms with Gasteiger partial charge >= 0.3 is 5.97 Å². The van der Waals surface area contributed by atoms with Gasteiger partial charge in [0.25, 0.3) is 0 Å². The van der Waals surface area contributed by atoms with Gasteiger partial charge in [0.05, 0.1) is 24.3 Å². The lowest BCUT2D eigenvalue weighted by atomic mass is 9.83. The molecule has 0 aliphatic carbocycles. The first-order valence-corrected chi connectivity index (χ1v) is 13.2. The van der Waals surface area contributed by atoms with Crippen LogP contribution in [0.4, 0.5) is 11.4 Å². The molecule has 0 fully saturated rings. The number of rotatable bonds is 7. The van der Waals surface area contributed by atoms with Gasteiger partial charge < -0.3 is 15.0 Å². The molecule has 1 heterocycles. The van der Waals surface area contributed by atoms with Crippen LogP contribution in [0.5, 0.6) is 0 Å². The Morgan fingerprint density at radius 3 is 2.05 bits per heavy atom. The molecule has 0 bridgehead atoms. The third kappa shape index (κ3) is 5.35. The summed E-state index contributed by atoms with van der Waals surface area (Å²) in [5.41, 5.74) is 8.17. The molecule has 4 aromatic carbocycles. The molecule has 1 aliphatic heterocycles. The van der Waals surface area contributed by atoms with Crippen molar-refractivity contribution in [2.75, 3.05) is 16.8 Å². The summed E-state index contributed by atoms with van der Waals surface area (Å²) >= 11 is 0. The van der Waals surface area contributed by atoms with Crippen LogP contribution < -0.4 is 10.2 Å². The summed E-state index contributed by atoms with van der Waals surface area (Å²) in [6.07, 6.45) is 0.629. The lowest BCUT2D eigenvalue weighted by Gasteiger charge is -2.46. The van der Waals surface area contributed by atoms with Crippen molar-refractivity contribution in [3.8, 4) is 0 Å². The zero-order valence-electron chi connectivity index (χ0n) is 22.2. The third-order valence-electron chi connectivity index (χ3n) is 7.01. The van der Waals surface area contributed by atoms with Crippen LogP contribution in [0.1, 0.15) is 47.7 Å². The first kappa shape index (κ1) is 25.3. The van der Waals surface area contributed by atoms with Crippen LogP contribution in [0.2, 0.25) is 0 Å². The number of esters is 1. The molecule has 38 heavy (non-hydrogen) atoms. The zero-order chi connectivity index (χ0) is 26.5. The van der Waals surface area contributed by atoms with E-state index in [1.807, 2.05) is 43.3 Å². The molecular weight excluding hydrogens is 468 g/mol. The van der Waals surface area contributed by atoms with Crippen molar-refractivity contribution in [2.45, 2.75) is 39.3 Å². The minimum Gasteiger partial charge on any atom is -0.463 e. The molecule has 0 amide bonds. The quantitative estimate of drug-likeness (QED) is 0.261. The highest BCUT2D eigenvalue weighted by molar-refractivity contribution is 5.93. The molecule has 0 saturated heterocycles. The van der Waals surface area contributed by atoms with Gasteiger partial charge in [-0.2, -0.15) is 0 Å². The second kappa shape index (κ2) is 11.4. The predicted molar refractivity (Wildman–Crippen MR) is 155 cm³/mol. The van der Waals surface area contributed by atoms with E-state index in [1.54, 1.807) is 0 Å². The molecule has 1 N–H and O–H groups in total. The van der Waals surface area contributed by atoms with Crippen molar-refractivity contribution < 1.29 is 9.53 Å². The van der Waals surface area contributed by atoms with Crippen LogP contribution in [-0.2, 0) is 9.53 Å². The van der Waals surface area contributed by atoms with Crippen molar-refractivity contribution in [3.63, 3.8) is 0 Å². The average molecular weight is 503 g/mol. The van der Waals surface area contributed by atoms with Gasteiger partial charge in [-0.15, -0.1) is 0 Å². The van der Waals surface area contributed by atoms with E-state index in [4.69, 9.17) is 4.74 Å². The Labute approximate surface area is 225 Å². The van der Waals surface area contributed by atoms with Crippen molar-refractivity contribution in [1.82, 2.24) is 0 Å². The minimum atomic E-state index is -0.346. The maximum atomic E-state index is 13.8. The molecule has 5 rings (SSSR count). The molecule has 0 spiro atoms. The second-order valence-electron chi connectivity index (χ2n) is 9.80. The van der Waals surface area contributed by atoms with Crippen molar-refractivity contribution >= 4 is 17.3 Å². The summed E-state index contributed by atoms with van der Waals surface area (Å²) in [6, 6.07) is 37.2. The SMILES string of the molecule is CCOC(=O)C1=C(Nc2ccccc2)CC(c2cccc(C)c2)N(c2ccccc2)C1c1cccc(C)c1. The zero-order valence-corrected chi connectivity index (χ0v) is 22.2. The Hall–Kier alpha value is -4.31. The number of nitrogens with one attached hydrogen (secondary N) is 1. The number of carbonyl (C=O) groups is 1. The summed E-state index contributed by atoms with van der Waals surface area (Å²) in [5, 5.41) is 3.62. The van der Waals surface area contributed by atoms with Crippen LogP contribution >= 0.6 is 0 Å². The van der Waals surface area contributed by atoms with Gasteiger partial charge in [0.1, 0.15) is 0 Å². The third-order valence-corrected chi connectivity index (χ3v) is 7.01. The van der Waals surface area contributed by atoms with Crippen LogP contribution in [0.15, 0.2) is 120 Å². The topological polar surface area (TPSA) is 41.6 Å². The Bertz CT molecular complexity index is 1430. The number of nitrogens with zero attached hydrogens (tertiary/aromatic N) is 1. The Kier molecular flexibility index (Phi) is 7.60. The van der Waals surface area contributed by atoms with Gasteiger partial charge in [0.15, 0.2) is 0 Å². The minimum absolute atomic E-state index is 0.00722. The lowest BCUT2D eigenvalue weighted by molar-refractivity contribution is -0.139. The van der Waals surface area contributed by atoms with Crippen LogP contribution in [0.25, 0.3) is 0 Å². The van der Waals surface area contributed by atoms with E-state index < -0.39 is 0 Å². The fraction of sp³-hybridized carbons (Fsp3) is 0.206. The Morgan fingerprint density at radius 1 is 0.816 bits per heavy atom. The monoisotopic (exact) mass is 502 g/mol. The Morgan fingerprint density at radius 2 is 1.42 bits per heavy atom. The first-order chi connectivity index (χ1) is 18.5. The highest BCUT2D eigenvalue weighted by Gasteiger charge is 2.41. The highest BCUT2D eigenvalue weighted by Crippen LogP contribution is 2.48. The van der Waals surface area contributed by atoms with Gasteiger partial charge in [-0.1, -0.05) is 96.1 Å². The lowest BCUT2D eigenvalue weighted by Crippen LogP contribution is -2.41. The van der Waals surface area contributed by atoms with Gasteiger partial charge in [0.2, 0.25) is 0 Å². The molecule has 4 heteroatoms. The van der Waals surface area contributed by atoms with Crippen LogP contribution in [-0.4, -0.2) is 12.6 Å². The number of hydrogen-bond acceptors (Lipinski definition) is 4. The number of anilines is 2. The van der Waals surface area contributed by atoms with E-state index in [1.165, 1.54) is 11.1 Å². The van der Waals surface area contributed by atoms with E-state index in [-0.39, 0.29) is 18.1 Å². The molecule has 0 saturated carbocycles. The van der Waals surface area contributed by atoms with E-state index in [0.717, 1.165) is 28.2 Å². The molecule has 0 radical (unpaired) electrons. The van der Waals surface area contributed by atoms with Crippen molar-refractivity contribution in [1.29, 1.82) is 0 Å². The van der Waals surface area contributed by atoms with Gasteiger partial charge in [-0.05, 0) is 56.2 Å². The van der Waals surface area contributed by atoms with Crippen molar-refractivity contribution in [3.05, 3.63) is 143 Å². The number of aryl methyl sites for hydroxylation is 2. The molecule has 0 aromatic heterocycles. The normalized spacial score (nSPS) is 17.3. The van der Waals surface area contributed by atoms with Gasteiger partial charge in [-0.25, -0.2) is 4.79 Å². The largest absolute Gasteiger partial charge is 0.463 e. The number of para-hydroxylation sites is 2. The summed E-state index contributed by atoms with van der Waals surface area (Å²) in [4.78, 5) is 16.2. The van der Waals surface area contributed by atoms with Gasteiger partial charge in [-0.3, -0.25) is 0 Å². The molecule has 4 nitrogen and oxygen atoms in total. The molecule has 1 aliphatic rings. The standard InChI is InChI=1S/C34H34N2O2/c1-4-38-34(37)32-30(35-28-17-7-5-8-18-28)23-31(26-15-11-13-24(2)21-26)36(29-19-9-6-10-20-29)33(32)27-16-12-14-25(3)22-27/h5-22,31,33,35H,4,23H2,1-3H3. The molecule has 2 unspecified atom stereocenters. The van der Waals surface area contributed by atoms with Gasteiger partial charge in [0, 0.05) is 23.5 Å². The second-order valence-corrected chi connectivity index (χ2v) is 9.80. The molecule has 192 valence electrons. The summed E-state index contributed by atoms with van der Waals surface area (Å²) in [5.74, 6) is -0.291. The summed E-state index contributed by atoms with van der Waals surface area (Å²) in [6.45, 7) is 6.39. The predicted octanol–water partition coefficient (Wildman–Crippen LogP) is 7.93. The number of benzene rings is 4. The summed E-state index contributed by atoms with van der Waals surface area (Å²) in [7, 11) is 0. The van der Waals surface area contributed by atoms with E-state index in [0.29, 0.717) is 18.6 Å². The molecular formula is C34H34N2O2. The van der Waals surface area contributed by atoms with E-state index in [9.17, 15) is 4.79 Å². The Balaban J connectivity index is 1.79. The van der Waals surface area contributed by atoms with Crippen LogP contribution in [0, 0.1) is 13.8 Å². The number of carbonyl (C=O) groups excluding carboxylic acids is 1. The summed E-state index contributed by atoms with van der Waals surface area (Å²) < 4.78 is 5.71. The van der Waals surface area contributed by atoms with E-state index in [2.05, 4.69) is 96.9 Å². The smallest absolute Gasteiger partial charge is 0.338 e. The van der Waals surface area contributed by atoms with Crippen LogP contribution in [0.3, 0.4) is 0 Å². The highest BCUT2D eigenvalue weighted by atomic mass is 16.5. The van der Waals surface area contributed by atoms with Crippen molar-refractivity contribution in [2.24, 2.45) is 0 Å². The van der Waals surface area contributed by atoms with E-state index >= 15 is 0 Å². The average Bonchev–Trinajstić information content (AvgIpc) is 2.93.